The SMILES string of the molecule is Cc1c(Cl)cccc1NC(=O)c1ccc(N2CCCC2=O)cc1. The molecule has 1 heterocycles. The Labute approximate surface area is 140 Å². The Morgan fingerprint density at radius 3 is 2.57 bits per heavy atom. The maximum absolute atomic E-state index is 12.3. The van der Waals surface area contributed by atoms with Gasteiger partial charge in [0.25, 0.3) is 5.91 Å². The number of carbonyl (C=O) groups is 2. The summed E-state index contributed by atoms with van der Waals surface area (Å²) in [4.78, 5) is 25.8. The Kier molecular flexibility index (Phi) is 4.35. The first-order valence-electron chi connectivity index (χ1n) is 7.53. The van der Waals surface area contributed by atoms with E-state index in [1.54, 1.807) is 29.2 Å². The van der Waals surface area contributed by atoms with E-state index < -0.39 is 0 Å². The fourth-order valence-electron chi connectivity index (χ4n) is 2.65. The highest BCUT2D eigenvalue weighted by Crippen LogP contribution is 2.24. The van der Waals surface area contributed by atoms with Gasteiger partial charge >= 0.3 is 0 Å². The van der Waals surface area contributed by atoms with Crippen LogP contribution in [0.3, 0.4) is 0 Å². The molecule has 5 heteroatoms. The van der Waals surface area contributed by atoms with Crippen molar-refractivity contribution < 1.29 is 9.59 Å². The van der Waals surface area contributed by atoms with Crippen LogP contribution in [-0.2, 0) is 4.79 Å². The maximum Gasteiger partial charge on any atom is 0.255 e. The van der Waals surface area contributed by atoms with Crippen molar-refractivity contribution >= 4 is 34.8 Å². The minimum absolute atomic E-state index is 0.136. The molecule has 0 bridgehead atoms. The van der Waals surface area contributed by atoms with Crippen molar-refractivity contribution in [1.29, 1.82) is 0 Å². The second-order valence-corrected chi connectivity index (χ2v) is 5.97. The van der Waals surface area contributed by atoms with Crippen molar-refractivity contribution in [2.45, 2.75) is 19.8 Å². The Morgan fingerprint density at radius 2 is 1.91 bits per heavy atom. The Morgan fingerprint density at radius 1 is 1.17 bits per heavy atom. The van der Waals surface area contributed by atoms with Crippen LogP contribution in [0.5, 0.6) is 0 Å². The van der Waals surface area contributed by atoms with E-state index in [1.807, 2.05) is 25.1 Å². The van der Waals surface area contributed by atoms with Crippen LogP contribution in [0, 0.1) is 6.92 Å². The van der Waals surface area contributed by atoms with Crippen molar-refractivity contribution in [2.24, 2.45) is 0 Å². The van der Waals surface area contributed by atoms with E-state index in [-0.39, 0.29) is 11.8 Å². The molecule has 1 saturated heterocycles. The summed E-state index contributed by atoms with van der Waals surface area (Å²) in [5, 5.41) is 3.48. The van der Waals surface area contributed by atoms with Crippen LogP contribution in [0.1, 0.15) is 28.8 Å². The van der Waals surface area contributed by atoms with E-state index in [0.29, 0.717) is 22.7 Å². The number of hydrogen-bond acceptors (Lipinski definition) is 2. The first kappa shape index (κ1) is 15.6. The second kappa shape index (κ2) is 6.42. The molecule has 1 N–H and O–H groups in total. The van der Waals surface area contributed by atoms with Crippen molar-refractivity contribution in [1.82, 2.24) is 0 Å². The fourth-order valence-corrected chi connectivity index (χ4v) is 2.83. The number of benzene rings is 2. The number of amides is 2. The maximum atomic E-state index is 12.3. The third kappa shape index (κ3) is 3.22. The normalized spacial score (nSPS) is 14.2. The molecule has 2 aromatic carbocycles. The molecule has 0 radical (unpaired) electrons. The summed E-state index contributed by atoms with van der Waals surface area (Å²) in [6, 6.07) is 12.5. The van der Waals surface area contributed by atoms with Crippen LogP contribution in [0.4, 0.5) is 11.4 Å². The number of nitrogens with zero attached hydrogens (tertiary/aromatic N) is 1. The number of rotatable bonds is 3. The van der Waals surface area contributed by atoms with E-state index in [1.165, 1.54) is 0 Å². The van der Waals surface area contributed by atoms with Crippen molar-refractivity contribution in [3.8, 4) is 0 Å². The van der Waals surface area contributed by atoms with Crippen LogP contribution < -0.4 is 10.2 Å². The summed E-state index contributed by atoms with van der Waals surface area (Å²) in [6.07, 6.45) is 1.48. The zero-order chi connectivity index (χ0) is 16.4. The average molecular weight is 329 g/mol. The lowest BCUT2D eigenvalue weighted by molar-refractivity contribution is -0.117. The van der Waals surface area contributed by atoms with Gasteiger partial charge in [-0.25, -0.2) is 0 Å². The van der Waals surface area contributed by atoms with Gasteiger partial charge in [-0.1, -0.05) is 17.7 Å². The highest BCUT2D eigenvalue weighted by atomic mass is 35.5. The third-order valence-electron chi connectivity index (χ3n) is 4.03. The predicted molar refractivity (Wildman–Crippen MR) is 92.2 cm³/mol. The van der Waals surface area contributed by atoms with Gasteiger partial charge in [0.05, 0.1) is 0 Å². The molecule has 0 spiro atoms. The molecule has 3 rings (SSSR count). The molecule has 1 aliphatic rings. The lowest BCUT2D eigenvalue weighted by atomic mass is 10.1. The molecule has 0 saturated carbocycles. The number of nitrogens with one attached hydrogen (secondary N) is 1. The highest BCUT2D eigenvalue weighted by molar-refractivity contribution is 6.31. The molecule has 118 valence electrons. The van der Waals surface area contributed by atoms with Gasteiger partial charge in [0.2, 0.25) is 5.91 Å². The van der Waals surface area contributed by atoms with Crippen molar-refractivity contribution in [3.05, 3.63) is 58.6 Å². The van der Waals surface area contributed by atoms with Gasteiger partial charge in [-0.3, -0.25) is 9.59 Å². The molecular formula is C18H17ClN2O2. The quantitative estimate of drug-likeness (QED) is 0.924. The Hall–Kier alpha value is -2.33. The summed E-state index contributed by atoms with van der Waals surface area (Å²) in [6.45, 7) is 2.60. The second-order valence-electron chi connectivity index (χ2n) is 5.56. The van der Waals surface area contributed by atoms with Crippen LogP contribution in [0.15, 0.2) is 42.5 Å². The van der Waals surface area contributed by atoms with Gasteiger partial charge in [0.15, 0.2) is 0 Å². The topological polar surface area (TPSA) is 49.4 Å². The van der Waals surface area contributed by atoms with Gasteiger partial charge in [0, 0.05) is 34.9 Å². The summed E-state index contributed by atoms with van der Waals surface area (Å²) in [5.74, 6) is -0.0635. The first-order chi connectivity index (χ1) is 11.1. The van der Waals surface area contributed by atoms with E-state index in [0.717, 1.165) is 24.2 Å². The smallest absolute Gasteiger partial charge is 0.255 e. The molecule has 1 fully saturated rings. The average Bonchev–Trinajstić information content (AvgIpc) is 2.98. The van der Waals surface area contributed by atoms with E-state index >= 15 is 0 Å². The zero-order valence-corrected chi connectivity index (χ0v) is 13.6. The lowest BCUT2D eigenvalue weighted by Crippen LogP contribution is -2.23. The van der Waals surface area contributed by atoms with Gasteiger partial charge in [-0.2, -0.15) is 0 Å². The molecule has 2 aromatic rings. The molecular weight excluding hydrogens is 312 g/mol. The Bertz CT molecular complexity index is 756. The third-order valence-corrected chi connectivity index (χ3v) is 4.44. The highest BCUT2D eigenvalue weighted by Gasteiger charge is 2.21. The standard InChI is InChI=1S/C18H17ClN2O2/c1-12-15(19)4-2-5-16(12)20-18(23)13-7-9-14(10-8-13)21-11-3-6-17(21)22/h2,4-5,7-10H,3,6,11H2,1H3,(H,20,23). The summed E-state index contributed by atoms with van der Waals surface area (Å²) in [5.41, 5.74) is 2.91. The predicted octanol–water partition coefficient (Wildman–Crippen LogP) is 4.03. The number of halogens is 1. The summed E-state index contributed by atoms with van der Waals surface area (Å²) >= 11 is 6.06. The lowest BCUT2D eigenvalue weighted by Gasteiger charge is -2.16. The molecule has 2 amide bonds. The number of anilines is 2. The molecule has 1 aliphatic heterocycles. The molecule has 0 aromatic heterocycles. The molecule has 23 heavy (non-hydrogen) atoms. The first-order valence-corrected chi connectivity index (χ1v) is 7.91. The largest absolute Gasteiger partial charge is 0.322 e. The molecule has 0 unspecified atom stereocenters. The minimum atomic E-state index is -0.199. The van der Waals surface area contributed by atoms with Crippen molar-refractivity contribution in [2.75, 3.05) is 16.8 Å². The monoisotopic (exact) mass is 328 g/mol. The van der Waals surface area contributed by atoms with Gasteiger partial charge in [0.1, 0.15) is 0 Å². The molecule has 0 aliphatic carbocycles. The number of carbonyl (C=O) groups excluding carboxylic acids is 2. The summed E-state index contributed by atoms with van der Waals surface area (Å²) in [7, 11) is 0. The number of hydrogen-bond donors (Lipinski definition) is 1. The van der Waals surface area contributed by atoms with Crippen LogP contribution in [0.2, 0.25) is 5.02 Å². The van der Waals surface area contributed by atoms with E-state index in [2.05, 4.69) is 5.32 Å². The van der Waals surface area contributed by atoms with Crippen LogP contribution >= 0.6 is 11.6 Å². The van der Waals surface area contributed by atoms with E-state index in [9.17, 15) is 9.59 Å². The van der Waals surface area contributed by atoms with Gasteiger partial charge in [-0.05, 0) is 55.3 Å². The fraction of sp³-hybridized carbons (Fsp3) is 0.222. The van der Waals surface area contributed by atoms with Gasteiger partial charge < -0.3 is 10.2 Å². The minimum Gasteiger partial charge on any atom is -0.322 e. The van der Waals surface area contributed by atoms with Gasteiger partial charge in [-0.15, -0.1) is 0 Å². The zero-order valence-electron chi connectivity index (χ0n) is 12.8. The summed E-state index contributed by atoms with van der Waals surface area (Å²) < 4.78 is 0. The molecule has 0 atom stereocenters. The van der Waals surface area contributed by atoms with E-state index in [4.69, 9.17) is 11.6 Å². The van der Waals surface area contributed by atoms with Crippen molar-refractivity contribution in [3.63, 3.8) is 0 Å². The Balaban J connectivity index is 1.75. The van der Waals surface area contributed by atoms with Crippen LogP contribution in [-0.4, -0.2) is 18.4 Å². The molecule has 4 nitrogen and oxygen atoms in total. The van der Waals surface area contributed by atoms with Crippen LogP contribution in [0.25, 0.3) is 0 Å².